The highest BCUT2D eigenvalue weighted by atomic mass is 35.5. The van der Waals surface area contributed by atoms with Gasteiger partial charge < -0.3 is 9.84 Å². The van der Waals surface area contributed by atoms with Crippen LogP contribution in [0.2, 0.25) is 10.0 Å². The largest absolute Gasteiger partial charge is 0.497 e. The second-order valence-electron chi connectivity index (χ2n) is 9.76. The van der Waals surface area contributed by atoms with Crippen LogP contribution in [0.25, 0.3) is 10.9 Å². The predicted molar refractivity (Wildman–Crippen MR) is 150 cm³/mol. The number of benzene rings is 2. The van der Waals surface area contributed by atoms with E-state index in [0.717, 1.165) is 36.0 Å². The Hall–Kier alpha value is -2.85. The van der Waals surface area contributed by atoms with Gasteiger partial charge in [-0.1, -0.05) is 35.0 Å². The number of aromatic nitrogens is 1. The Balaban J connectivity index is 1.40. The summed E-state index contributed by atoms with van der Waals surface area (Å²) in [5.74, 6) is 6.59. The third-order valence-corrected chi connectivity index (χ3v) is 7.65. The molecule has 0 spiro atoms. The molecule has 0 amide bonds. The van der Waals surface area contributed by atoms with E-state index < -0.39 is 12.1 Å². The summed E-state index contributed by atoms with van der Waals surface area (Å²) in [6.07, 6.45) is 3.13. The van der Waals surface area contributed by atoms with E-state index in [1.54, 1.807) is 37.6 Å². The van der Waals surface area contributed by atoms with Gasteiger partial charge in [0.15, 0.2) is 0 Å². The summed E-state index contributed by atoms with van der Waals surface area (Å²) < 4.78 is 20.9. The van der Waals surface area contributed by atoms with Crippen molar-refractivity contribution in [3.63, 3.8) is 0 Å². The fourth-order valence-corrected chi connectivity index (χ4v) is 5.78. The van der Waals surface area contributed by atoms with Crippen molar-refractivity contribution in [1.29, 1.82) is 0 Å². The Bertz CT molecular complexity index is 1320. The van der Waals surface area contributed by atoms with E-state index in [2.05, 4.69) is 21.7 Å². The van der Waals surface area contributed by atoms with Gasteiger partial charge in [0.05, 0.1) is 19.2 Å². The van der Waals surface area contributed by atoms with Gasteiger partial charge in [0, 0.05) is 40.2 Å². The Morgan fingerprint density at radius 3 is 2.71 bits per heavy atom. The zero-order valence-corrected chi connectivity index (χ0v) is 22.8. The van der Waals surface area contributed by atoms with Crippen molar-refractivity contribution >= 4 is 40.1 Å². The van der Waals surface area contributed by atoms with Crippen LogP contribution in [0.15, 0.2) is 48.7 Å². The van der Waals surface area contributed by atoms with E-state index in [9.17, 15) is 9.90 Å². The lowest BCUT2D eigenvalue weighted by atomic mass is 9.79. The number of aliphatic carboxylic acids is 1. The van der Waals surface area contributed by atoms with Crippen molar-refractivity contribution in [2.45, 2.75) is 38.3 Å². The molecule has 0 aliphatic carbocycles. The number of ether oxygens (including phenoxy) is 1. The van der Waals surface area contributed by atoms with Crippen LogP contribution < -0.4 is 4.74 Å². The molecule has 1 aliphatic rings. The van der Waals surface area contributed by atoms with E-state index in [4.69, 9.17) is 27.9 Å². The van der Waals surface area contributed by atoms with Gasteiger partial charge in [0.25, 0.3) is 0 Å². The lowest BCUT2D eigenvalue weighted by Gasteiger charge is -2.38. The average Bonchev–Trinajstić information content (AvgIpc) is 2.89. The molecule has 1 saturated heterocycles. The van der Waals surface area contributed by atoms with Gasteiger partial charge in [0.1, 0.15) is 11.9 Å². The van der Waals surface area contributed by atoms with Gasteiger partial charge >= 0.3 is 5.97 Å². The first-order chi connectivity index (χ1) is 18.3. The minimum atomic E-state index is -1.14. The molecule has 2 heterocycles. The molecule has 1 aromatic heterocycles. The lowest BCUT2D eigenvalue weighted by Crippen LogP contribution is -2.41. The summed E-state index contributed by atoms with van der Waals surface area (Å²) in [6.45, 7) is 2.15. The zero-order valence-electron chi connectivity index (χ0n) is 21.3. The number of hydrogen-bond donors (Lipinski definition) is 1. The average molecular weight is 557 g/mol. The maximum atomic E-state index is 15.5. The number of pyridine rings is 1. The van der Waals surface area contributed by atoms with E-state index >= 15 is 4.39 Å². The van der Waals surface area contributed by atoms with Crippen molar-refractivity contribution < 1.29 is 19.0 Å². The second-order valence-corrected chi connectivity index (χ2v) is 10.6. The van der Waals surface area contributed by atoms with Crippen LogP contribution in [-0.2, 0) is 4.79 Å². The third kappa shape index (κ3) is 7.60. The second kappa shape index (κ2) is 13.3. The molecule has 1 N–H and O–H groups in total. The van der Waals surface area contributed by atoms with Crippen molar-refractivity contribution in [2.24, 2.45) is 11.8 Å². The van der Waals surface area contributed by atoms with Crippen LogP contribution in [0.3, 0.4) is 0 Å². The molecular formula is C30H31Cl2FN2O3. The molecule has 0 saturated carbocycles. The Morgan fingerprint density at radius 2 is 1.97 bits per heavy atom. The number of alkyl halides is 1. The molecule has 2 unspecified atom stereocenters. The number of nitrogens with zero attached hydrogens (tertiary/aromatic N) is 2. The highest BCUT2D eigenvalue weighted by Crippen LogP contribution is 2.36. The van der Waals surface area contributed by atoms with Gasteiger partial charge in [-0.2, -0.15) is 0 Å². The smallest absolute Gasteiger partial charge is 0.303 e. The van der Waals surface area contributed by atoms with Crippen LogP contribution in [0.5, 0.6) is 5.75 Å². The number of piperidine rings is 1. The van der Waals surface area contributed by atoms with Gasteiger partial charge in [-0.05, 0) is 92.1 Å². The summed E-state index contributed by atoms with van der Waals surface area (Å²) in [5, 5.41) is 11.1. The van der Waals surface area contributed by atoms with Crippen LogP contribution in [0, 0.1) is 23.7 Å². The third-order valence-electron chi connectivity index (χ3n) is 7.21. The number of rotatable bonds is 9. The minimum Gasteiger partial charge on any atom is -0.497 e. The first-order valence-electron chi connectivity index (χ1n) is 12.8. The highest BCUT2D eigenvalue weighted by molar-refractivity contribution is 6.34. The molecule has 38 heavy (non-hydrogen) atoms. The minimum absolute atomic E-state index is 0.107. The molecule has 3 atom stereocenters. The Kier molecular flexibility index (Phi) is 9.85. The maximum absolute atomic E-state index is 15.5. The molecule has 3 aromatic rings. The lowest BCUT2D eigenvalue weighted by molar-refractivity contribution is -0.137. The molecule has 1 aliphatic heterocycles. The Labute approximate surface area is 232 Å². The summed E-state index contributed by atoms with van der Waals surface area (Å²) >= 11 is 12.1. The monoisotopic (exact) mass is 556 g/mol. The molecule has 0 bridgehead atoms. The zero-order chi connectivity index (χ0) is 27.1. The summed E-state index contributed by atoms with van der Waals surface area (Å²) in [5.41, 5.74) is 2.11. The van der Waals surface area contributed by atoms with Crippen molar-refractivity contribution in [1.82, 2.24) is 9.88 Å². The fraction of sp³-hybridized carbons (Fsp3) is 0.400. The molecule has 0 radical (unpaired) electrons. The van der Waals surface area contributed by atoms with Gasteiger partial charge in [0.2, 0.25) is 0 Å². The number of fused-ring (bicyclic) bond motifs is 1. The Morgan fingerprint density at radius 1 is 1.18 bits per heavy atom. The van der Waals surface area contributed by atoms with Crippen LogP contribution in [-0.4, -0.2) is 47.7 Å². The molecule has 200 valence electrons. The molecule has 2 aromatic carbocycles. The number of methoxy groups -OCH3 is 1. The van der Waals surface area contributed by atoms with E-state index in [-0.39, 0.29) is 18.3 Å². The number of hydrogen-bond acceptors (Lipinski definition) is 4. The topological polar surface area (TPSA) is 62.7 Å². The first kappa shape index (κ1) is 28.2. The van der Waals surface area contributed by atoms with Crippen LogP contribution in [0.4, 0.5) is 4.39 Å². The van der Waals surface area contributed by atoms with E-state index in [1.165, 1.54) is 0 Å². The van der Waals surface area contributed by atoms with Gasteiger partial charge in [-0.15, -0.1) is 0 Å². The number of halogens is 3. The first-order valence-corrected chi connectivity index (χ1v) is 13.5. The van der Waals surface area contributed by atoms with Crippen LogP contribution in [0.1, 0.15) is 49.4 Å². The predicted octanol–water partition coefficient (Wildman–Crippen LogP) is 7.20. The molecule has 1 fully saturated rings. The number of carboxylic acids is 1. The number of carbonyl (C=O) groups is 1. The molecule has 8 heteroatoms. The number of likely N-dealkylation sites (tertiary alicyclic amines) is 1. The highest BCUT2D eigenvalue weighted by Gasteiger charge is 2.30. The van der Waals surface area contributed by atoms with Crippen molar-refractivity contribution in [3.05, 3.63) is 69.8 Å². The van der Waals surface area contributed by atoms with Crippen molar-refractivity contribution in [2.75, 3.05) is 26.7 Å². The molecular weight excluding hydrogens is 526 g/mol. The molecule has 5 nitrogen and oxygen atoms in total. The van der Waals surface area contributed by atoms with E-state index in [1.807, 2.05) is 18.2 Å². The SMILES string of the molecule is COc1ccc2nccc([C@@H](F)CCC3CCN(CC#Cc4cc(Cl)cc(Cl)c4)CC3CCC(=O)O)c2c1. The standard InChI is InChI=1S/C30H31Cl2FN2O3/c1-38-25-6-8-29-27(18-25)26(10-12-34-29)28(33)7-4-21-11-14-35(19-22(21)5-9-30(36)37)13-2-3-20-15-23(31)17-24(32)16-20/h6,8,10,12,15-18,21-22,28H,4-5,7,9,11,13-14,19H2,1H3,(H,36,37)/t21?,22?,28-/m0/s1. The van der Waals surface area contributed by atoms with Crippen LogP contribution >= 0.6 is 23.2 Å². The molecule has 4 rings (SSSR count). The quantitative estimate of drug-likeness (QED) is 0.282. The summed E-state index contributed by atoms with van der Waals surface area (Å²) in [4.78, 5) is 17.9. The fourth-order valence-electron chi connectivity index (χ4n) is 5.26. The maximum Gasteiger partial charge on any atom is 0.303 e. The summed E-state index contributed by atoms with van der Waals surface area (Å²) in [7, 11) is 1.59. The number of carboxylic acid groups (broad SMARTS) is 1. The summed E-state index contributed by atoms with van der Waals surface area (Å²) in [6, 6.07) is 12.4. The van der Waals surface area contributed by atoms with Gasteiger partial charge in [-0.25, -0.2) is 4.39 Å². The van der Waals surface area contributed by atoms with E-state index in [0.29, 0.717) is 47.2 Å². The van der Waals surface area contributed by atoms with Gasteiger partial charge in [-0.3, -0.25) is 14.7 Å². The van der Waals surface area contributed by atoms with Crippen molar-refractivity contribution in [3.8, 4) is 17.6 Å². The normalized spacial score (nSPS) is 18.5.